The zero-order valence-electron chi connectivity index (χ0n) is 13.6. The van der Waals surface area contributed by atoms with Crippen LogP contribution in [0.15, 0.2) is 30.3 Å². The molecule has 7 nitrogen and oxygen atoms in total. The van der Waals surface area contributed by atoms with E-state index in [1.807, 2.05) is 30.3 Å². The Morgan fingerprint density at radius 3 is 2.67 bits per heavy atom. The van der Waals surface area contributed by atoms with Crippen molar-refractivity contribution >= 4 is 17.7 Å². The van der Waals surface area contributed by atoms with Crippen LogP contribution < -0.4 is 5.32 Å². The van der Waals surface area contributed by atoms with Crippen molar-refractivity contribution in [1.29, 1.82) is 0 Å². The summed E-state index contributed by atoms with van der Waals surface area (Å²) in [6.45, 7) is 1.01. The number of likely N-dealkylation sites (tertiary alicyclic amines) is 1. The van der Waals surface area contributed by atoms with Gasteiger partial charge in [0.2, 0.25) is 17.7 Å². The van der Waals surface area contributed by atoms with E-state index in [2.05, 4.69) is 5.32 Å². The van der Waals surface area contributed by atoms with E-state index in [1.54, 1.807) is 16.8 Å². The molecule has 3 rings (SSSR count). The number of hydrogen-bond acceptors (Lipinski definition) is 4. The van der Waals surface area contributed by atoms with Gasteiger partial charge in [0.1, 0.15) is 12.6 Å². The number of benzene rings is 1. The second kappa shape index (κ2) is 7.00. The average Bonchev–Trinajstić information content (AvgIpc) is 2.88. The molecule has 0 aromatic heterocycles. The molecule has 2 aliphatic heterocycles. The van der Waals surface area contributed by atoms with Crippen LogP contribution in [-0.2, 0) is 25.7 Å². The lowest BCUT2D eigenvalue weighted by Gasteiger charge is -2.35. The smallest absolute Gasteiger partial charge is 0.249 e. The molecule has 128 valence electrons. The number of carbonyl (C=O) groups excluding carboxylic acids is 3. The average molecular weight is 331 g/mol. The summed E-state index contributed by atoms with van der Waals surface area (Å²) in [5.74, 6) is -0.464. The van der Waals surface area contributed by atoms with Gasteiger partial charge in [-0.25, -0.2) is 0 Å². The molecular weight excluding hydrogens is 310 g/mol. The third kappa shape index (κ3) is 3.56. The molecule has 0 saturated carbocycles. The maximum absolute atomic E-state index is 12.6. The van der Waals surface area contributed by atoms with E-state index in [1.165, 1.54) is 0 Å². The summed E-state index contributed by atoms with van der Waals surface area (Å²) >= 11 is 0. The van der Waals surface area contributed by atoms with E-state index in [9.17, 15) is 14.4 Å². The first-order valence-corrected chi connectivity index (χ1v) is 8.00. The van der Waals surface area contributed by atoms with Crippen LogP contribution in [0, 0.1) is 0 Å². The van der Waals surface area contributed by atoms with Gasteiger partial charge in [-0.15, -0.1) is 0 Å². The minimum Gasteiger partial charge on any atom is -0.369 e. The number of rotatable bonds is 4. The Labute approximate surface area is 140 Å². The van der Waals surface area contributed by atoms with Gasteiger partial charge < -0.3 is 19.9 Å². The van der Waals surface area contributed by atoms with Gasteiger partial charge in [-0.3, -0.25) is 14.4 Å². The van der Waals surface area contributed by atoms with E-state index in [-0.39, 0.29) is 37.0 Å². The molecule has 1 N–H and O–H groups in total. The van der Waals surface area contributed by atoms with Crippen molar-refractivity contribution in [3.8, 4) is 0 Å². The molecular formula is C17H21N3O4. The molecule has 2 aliphatic rings. The number of nitrogens with zero attached hydrogens (tertiary/aromatic N) is 2. The van der Waals surface area contributed by atoms with Crippen LogP contribution in [-0.4, -0.2) is 66.4 Å². The molecule has 0 unspecified atom stereocenters. The Morgan fingerprint density at radius 1 is 1.25 bits per heavy atom. The predicted octanol–water partition coefficient (Wildman–Crippen LogP) is -0.239. The summed E-state index contributed by atoms with van der Waals surface area (Å²) in [7, 11) is 1.71. The Kier molecular flexibility index (Phi) is 4.80. The van der Waals surface area contributed by atoms with Crippen molar-refractivity contribution < 1.29 is 19.1 Å². The normalized spacial score (nSPS) is 24.4. The Hall–Kier alpha value is -2.41. The minimum atomic E-state index is -0.674. The van der Waals surface area contributed by atoms with E-state index >= 15 is 0 Å². The van der Waals surface area contributed by atoms with Crippen molar-refractivity contribution in [2.24, 2.45) is 0 Å². The van der Waals surface area contributed by atoms with Gasteiger partial charge in [0, 0.05) is 26.6 Å². The summed E-state index contributed by atoms with van der Waals surface area (Å²) in [5, 5.41) is 2.87. The first-order valence-electron chi connectivity index (χ1n) is 8.00. The molecule has 1 aromatic rings. The predicted molar refractivity (Wildman–Crippen MR) is 85.8 cm³/mol. The molecule has 2 atom stereocenters. The highest BCUT2D eigenvalue weighted by Crippen LogP contribution is 2.15. The summed E-state index contributed by atoms with van der Waals surface area (Å²) in [6, 6.07) is 8.65. The maximum Gasteiger partial charge on any atom is 0.249 e. The second-order valence-electron chi connectivity index (χ2n) is 6.22. The quantitative estimate of drug-likeness (QED) is 0.826. The standard InChI is InChI=1S/C17H21N3O4/c1-19-9-13(7-15(19)21)18-17(23)14-10-24-11-16(22)20(14)8-12-5-3-2-4-6-12/h2-6,13-14H,7-11H2,1H3,(H,18,23)/t13-,14+/m1/s1. The van der Waals surface area contributed by atoms with Gasteiger partial charge in [-0.2, -0.15) is 0 Å². The number of likely N-dealkylation sites (N-methyl/N-ethyl adjacent to an activating group) is 1. The molecule has 2 saturated heterocycles. The van der Waals surface area contributed by atoms with Crippen LogP contribution in [0.5, 0.6) is 0 Å². The van der Waals surface area contributed by atoms with Crippen molar-refractivity contribution in [3.05, 3.63) is 35.9 Å². The molecule has 24 heavy (non-hydrogen) atoms. The zero-order valence-corrected chi connectivity index (χ0v) is 13.6. The zero-order chi connectivity index (χ0) is 17.1. The molecule has 0 aliphatic carbocycles. The van der Waals surface area contributed by atoms with Crippen LogP contribution in [0.2, 0.25) is 0 Å². The van der Waals surface area contributed by atoms with Gasteiger partial charge in [-0.1, -0.05) is 30.3 Å². The number of nitrogens with one attached hydrogen (secondary N) is 1. The lowest BCUT2D eigenvalue weighted by molar-refractivity contribution is -0.155. The van der Waals surface area contributed by atoms with Crippen molar-refractivity contribution in [3.63, 3.8) is 0 Å². The SMILES string of the molecule is CN1C[C@H](NC(=O)[C@@H]2COCC(=O)N2Cc2ccccc2)CC1=O. The minimum absolute atomic E-state index is 0.0115. The number of hydrogen-bond donors (Lipinski definition) is 1. The highest BCUT2D eigenvalue weighted by Gasteiger charge is 2.36. The van der Waals surface area contributed by atoms with E-state index in [0.29, 0.717) is 19.5 Å². The second-order valence-corrected chi connectivity index (χ2v) is 6.22. The van der Waals surface area contributed by atoms with Gasteiger partial charge in [-0.05, 0) is 5.56 Å². The Bertz CT molecular complexity index is 634. The third-order valence-corrected chi connectivity index (χ3v) is 4.38. The topological polar surface area (TPSA) is 79.0 Å². The maximum atomic E-state index is 12.6. The highest BCUT2D eigenvalue weighted by molar-refractivity contribution is 5.90. The number of amides is 3. The van der Waals surface area contributed by atoms with Crippen LogP contribution in [0.1, 0.15) is 12.0 Å². The highest BCUT2D eigenvalue weighted by atomic mass is 16.5. The molecule has 1 aromatic carbocycles. The number of morpholine rings is 1. The van der Waals surface area contributed by atoms with Crippen molar-refractivity contribution in [2.45, 2.75) is 25.0 Å². The molecule has 0 bridgehead atoms. The van der Waals surface area contributed by atoms with Gasteiger partial charge in [0.15, 0.2) is 0 Å². The van der Waals surface area contributed by atoms with E-state index in [4.69, 9.17) is 4.74 Å². The molecule has 7 heteroatoms. The van der Waals surface area contributed by atoms with E-state index in [0.717, 1.165) is 5.56 Å². The van der Waals surface area contributed by atoms with Crippen LogP contribution >= 0.6 is 0 Å². The first kappa shape index (κ1) is 16.4. The first-order chi connectivity index (χ1) is 11.5. The Balaban J connectivity index is 1.68. The van der Waals surface area contributed by atoms with Gasteiger partial charge in [0.05, 0.1) is 12.6 Å². The lowest BCUT2D eigenvalue weighted by Crippen LogP contribution is -2.57. The molecule has 3 amide bonds. The van der Waals surface area contributed by atoms with Crippen molar-refractivity contribution in [2.75, 3.05) is 26.8 Å². The van der Waals surface area contributed by atoms with E-state index < -0.39 is 6.04 Å². The molecule has 0 radical (unpaired) electrons. The van der Waals surface area contributed by atoms with Gasteiger partial charge >= 0.3 is 0 Å². The fourth-order valence-electron chi connectivity index (χ4n) is 3.06. The van der Waals surface area contributed by atoms with Crippen LogP contribution in [0.3, 0.4) is 0 Å². The third-order valence-electron chi connectivity index (χ3n) is 4.38. The fourth-order valence-corrected chi connectivity index (χ4v) is 3.06. The van der Waals surface area contributed by atoms with Crippen LogP contribution in [0.4, 0.5) is 0 Å². The summed E-state index contributed by atoms with van der Waals surface area (Å²) in [6.07, 6.45) is 0.294. The molecule has 2 fully saturated rings. The summed E-state index contributed by atoms with van der Waals surface area (Å²) in [4.78, 5) is 39.5. The molecule has 2 heterocycles. The van der Waals surface area contributed by atoms with Gasteiger partial charge in [0.25, 0.3) is 0 Å². The van der Waals surface area contributed by atoms with Crippen LogP contribution in [0.25, 0.3) is 0 Å². The molecule has 0 spiro atoms. The Morgan fingerprint density at radius 2 is 2.00 bits per heavy atom. The summed E-state index contributed by atoms with van der Waals surface area (Å²) in [5.41, 5.74) is 0.960. The fraction of sp³-hybridized carbons (Fsp3) is 0.471. The van der Waals surface area contributed by atoms with Crippen molar-refractivity contribution in [1.82, 2.24) is 15.1 Å². The monoisotopic (exact) mass is 331 g/mol. The number of carbonyl (C=O) groups is 3. The number of ether oxygens (including phenoxy) is 1. The largest absolute Gasteiger partial charge is 0.369 e. The lowest BCUT2D eigenvalue weighted by atomic mass is 10.1. The summed E-state index contributed by atoms with van der Waals surface area (Å²) < 4.78 is 5.26.